The maximum atomic E-state index is 12.7. The van der Waals surface area contributed by atoms with Crippen LogP contribution < -0.4 is 10.1 Å². The molecule has 7 heteroatoms. The number of esters is 1. The summed E-state index contributed by atoms with van der Waals surface area (Å²) in [5.74, 6) is -0.213. The number of carbonyl (C=O) groups is 2. The zero-order valence-electron chi connectivity index (χ0n) is 17.7. The van der Waals surface area contributed by atoms with Crippen molar-refractivity contribution in [2.24, 2.45) is 4.99 Å². The van der Waals surface area contributed by atoms with Crippen molar-refractivity contribution >= 4 is 62.9 Å². The Morgan fingerprint density at radius 3 is 2.44 bits per heavy atom. The van der Waals surface area contributed by atoms with E-state index in [9.17, 15) is 9.59 Å². The van der Waals surface area contributed by atoms with E-state index in [0.717, 1.165) is 16.3 Å². The zero-order valence-corrected chi connectivity index (χ0v) is 19.3. The topological polar surface area (TPSA) is 67.8 Å². The second-order valence-electron chi connectivity index (χ2n) is 7.44. The van der Waals surface area contributed by atoms with Crippen molar-refractivity contribution in [3.8, 4) is 5.75 Å². The zero-order chi connectivity index (χ0) is 23.5. The molecule has 1 N–H and O–H groups in total. The lowest BCUT2D eigenvalue weighted by atomic mass is 10.0. The van der Waals surface area contributed by atoms with Crippen molar-refractivity contribution in [2.75, 3.05) is 0 Å². The molecular weight excluding hydrogens is 468 g/mol. The van der Waals surface area contributed by atoms with Crippen LogP contribution in [0.1, 0.15) is 15.9 Å². The summed E-state index contributed by atoms with van der Waals surface area (Å²) in [6, 6.07) is 27.3. The molecule has 0 aliphatic carbocycles. The van der Waals surface area contributed by atoms with Gasteiger partial charge in [0.05, 0.1) is 16.2 Å². The summed E-state index contributed by atoms with van der Waals surface area (Å²) < 4.78 is 5.57. The second-order valence-corrected chi connectivity index (χ2v) is 8.91. The summed E-state index contributed by atoms with van der Waals surface area (Å²) >= 11 is 7.16. The Bertz CT molecular complexity index is 1460. The quantitative estimate of drug-likeness (QED) is 0.201. The van der Waals surface area contributed by atoms with Crippen LogP contribution in [0, 0.1) is 0 Å². The molecule has 1 aliphatic rings. The van der Waals surface area contributed by atoms with Gasteiger partial charge >= 0.3 is 5.97 Å². The Balaban J connectivity index is 1.29. The van der Waals surface area contributed by atoms with E-state index in [1.807, 2.05) is 36.4 Å². The van der Waals surface area contributed by atoms with Gasteiger partial charge in [0.25, 0.3) is 5.91 Å². The van der Waals surface area contributed by atoms with Crippen molar-refractivity contribution in [1.82, 2.24) is 5.32 Å². The Hall–Kier alpha value is -3.87. The third kappa shape index (κ3) is 4.88. The molecule has 0 aromatic heterocycles. The van der Waals surface area contributed by atoms with Crippen LogP contribution in [0.25, 0.3) is 16.8 Å². The summed E-state index contributed by atoms with van der Waals surface area (Å²) in [5.41, 5.74) is 2.01. The van der Waals surface area contributed by atoms with Gasteiger partial charge in [-0.2, -0.15) is 0 Å². The standard InChI is InChI=1S/C27H17ClN2O3S/c28-19-10-12-20(13-11-19)29-27-30-25(31)24(34-27)16-17-8-14-21(15-9-17)33-26(32)23-7-3-5-18-4-1-2-6-22(18)23/h1-16H,(H,29,30,31)/b24-16-. The highest BCUT2D eigenvalue weighted by Crippen LogP contribution is 2.29. The van der Waals surface area contributed by atoms with E-state index in [0.29, 0.717) is 32.1 Å². The molecule has 1 heterocycles. The number of amides is 1. The highest BCUT2D eigenvalue weighted by molar-refractivity contribution is 8.18. The number of amidine groups is 1. The SMILES string of the molecule is O=C1NC(=Nc2ccc(Cl)cc2)S/C1=C\c1ccc(OC(=O)c2cccc3ccccc23)cc1. The summed E-state index contributed by atoms with van der Waals surface area (Å²) in [6.07, 6.45) is 1.76. The lowest BCUT2D eigenvalue weighted by molar-refractivity contribution is -0.115. The van der Waals surface area contributed by atoms with Crippen molar-refractivity contribution in [1.29, 1.82) is 0 Å². The van der Waals surface area contributed by atoms with Gasteiger partial charge in [0.2, 0.25) is 0 Å². The second kappa shape index (κ2) is 9.55. The summed E-state index contributed by atoms with van der Waals surface area (Å²) in [6.45, 7) is 0. The minimum absolute atomic E-state index is 0.218. The van der Waals surface area contributed by atoms with E-state index in [1.54, 1.807) is 60.7 Å². The highest BCUT2D eigenvalue weighted by atomic mass is 35.5. The van der Waals surface area contributed by atoms with Crippen LogP contribution >= 0.6 is 23.4 Å². The van der Waals surface area contributed by atoms with E-state index in [2.05, 4.69) is 10.3 Å². The van der Waals surface area contributed by atoms with E-state index >= 15 is 0 Å². The van der Waals surface area contributed by atoms with Crippen LogP contribution in [0.5, 0.6) is 5.75 Å². The molecule has 4 aromatic carbocycles. The van der Waals surface area contributed by atoms with E-state index in [-0.39, 0.29) is 5.91 Å². The molecular formula is C27H17ClN2O3S. The first-order valence-corrected chi connectivity index (χ1v) is 11.6. The number of hydrogen-bond acceptors (Lipinski definition) is 5. The molecule has 0 atom stereocenters. The van der Waals surface area contributed by atoms with Gasteiger partial charge in [0.1, 0.15) is 5.75 Å². The number of nitrogens with zero attached hydrogens (tertiary/aromatic N) is 1. The monoisotopic (exact) mass is 484 g/mol. The van der Waals surface area contributed by atoms with Crippen LogP contribution in [0.15, 0.2) is 101 Å². The van der Waals surface area contributed by atoms with Crippen LogP contribution in [-0.2, 0) is 4.79 Å². The number of nitrogens with one attached hydrogen (secondary N) is 1. The van der Waals surface area contributed by atoms with Crippen LogP contribution in [0.3, 0.4) is 0 Å². The number of benzene rings is 4. The molecule has 0 saturated carbocycles. The molecule has 1 amide bonds. The average Bonchev–Trinajstić information content (AvgIpc) is 3.19. The minimum atomic E-state index is -0.420. The lowest BCUT2D eigenvalue weighted by Crippen LogP contribution is -2.19. The van der Waals surface area contributed by atoms with Crippen LogP contribution in [0.2, 0.25) is 5.02 Å². The first-order chi connectivity index (χ1) is 16.5. The van der Waals surface area contributed by atoms with Gasteiger partial charge < -0.3 is 10.1 Å². The smallest absolute Gasteiger partial charge is 0.344 e. The predicted molar refractivity (Wildman–Crippen MR) is 138 cm³/mol. The van der Waals surface area contributed by atoms with E-state index in [4.69, 9.17) is 16.3 Å². The first-order valence-electron chi connectivity index (χ1n) is 10.4. The van der Waals surface area contributed by atoms with Gasteiger partial charge in [-0.05, 0) is 76.6 Å². The third-order valence-corrected chi connectivity index (χ3v) is 6.27. The predicted octanol–water partition coefficient (Wildman–Crippen LogP) is 6.60. The third-order valence-electron chi connectivity index (χ3n) is 5.11. The molecule has 1 saturated heterocycles. The van der Waals surface area contributed by atoms with Gasteiger partial charge in [0, 0.05) is 5.02 Å². The van der Waals surface area contributed by atoms with Gasteiger partial charge in [-0.15, -0.1) is 0 Å². The molecule has 1 fully saturated rings. The number of rotatable bonds is 4. The van der Waals surface area contributed by atoms with E-state index in [1.165, 1.54) is 11.8 Å². The normalized spacial score (nSPS) is 15.6. The summed E-state index contributed by atoms with van der Waals surface area (Å²) in [7, 11) is 0. The van der Waals surface area contributed by atoms with Gasteiger partial charge in [0.15, 0.2) is 5.17 Å². The molecule has 34 heavy (non-hydrogen) atoms. The van der Waals surface area contributed by atoms with Crippen molar-refractivity contribution < 1.29 is 14.3 Å². The van der Waals surface area contributed by atoms with Crippen molar-refractivity contribution in [3.05, 3.63) is 112 Å². The Morgan fingerprint density at radius 2 is 1.65 bits per heavy atom. The molecule has 0 radical (unpaired) electrons. The number of aliphatic imine (C=N–C) groups is 1. The number of halogens is 1. The van der Waals surface area contributed by atoms with Gasteiger partial charge in [-0.1, -0.05) is 60.1 Å². The number of carbonyl (C=O) groups excluding carboxylic acids is 2. The van der Waals surface area contributed by atoms with Gasteiger partial charge in [-0.3, -0.25) is 4.79 Å². The lowest BCUT2D eigenvalue weighted by Gasteiger charge is -2.07. The summed E-state index contributed by atoms with van der Waals surface area (Å²) in [4.78, 5) is 30.0. The van der Waals surface area contributed by atoms with Crippen molar-refractivity contribution in [2.45, 2.75) is 0 Å². The van der Waals surface area contributed by atoms with E-state index < -0.39 is 5.97 Å². The summed E-state index contributed by atoms with van der Waals surface area (Å²) in [5, 5.41) is 5.71. The fraction of sp³-hybridized carbons (Fsp3) is 0. The van der Waals surface area contributed by atoms with Crippen LogP contribution in [-0.4, -0.2) is 17.0 Å². The molecule has 5 rings (SSSR count). The maximum absolute atomic E-state index is 12.7. The van der Waals surface area contributed by atoms with Crippen molar-refractivity contribution in [3.63, 3.8) is 0 Å². The molecule has 4 aromatic rings. The molecule has 0 unspecified atom stereocenters. The van der Waals surface area contributed by atoms with Gasteiger partial charge in [-0.25, -0.2) is 9.79 Å². The molecule has 1 aliphatic heterocycles. The first kappa shape index (κ1) is 21.9. The Morgan fingerprint density at radius 1 is 0.912 bits per heavy atom. The largest absolute Gasteiger partial charge is 0.423 e. The number of hydrogen-bond donors (Lipinski definition) is 1. The Kier molecular flexibility index (Phi) is 6.16. The number of thioether (sulfide) groups is 1. The molecule has 0 spiro atoms. The molecule has 166 valence electrons. The molecule has 0 bridgehead atoms. The molecule has 5 nitrogen and oxygen atoms in total. The fourth-order valence-corrected chi connectivity index (χ4v) is 4.43. The fourth-order valence-electron chi connectivity index (χ4n) is 3.46. The average molecular weight is 485 g/mol. The van der Waals surface area contributed by atoms with Crippen LogP contribution in [0.4, 0.5) is 5.69 Å². The Labute approximate surface area is 205 Å². The highest BCUT2D eigenvalue weighted by Gasteiger charge is 2.23. The number of fused-ring (bicyclic) bond motifs is 1. The number of ether oxygens (including phenoxy) is 1. The maximum Gasteiger partial charge on any atom is 0.344 e. The minimum Gasteiger partial charge on any atom is -0.423 e.